The number of halogens is 1. The standard InChI is InChI=1S/C18H22ClNO2S/c1-12-9-14(3)18(10-13(12)2)15(4)20-23(21,22)11-16-5-7-17(19)8-6-16/h5-10,15,20H,11H2,1-4H3/t15-/m0/s1. The number of sulfonamides is 1. The molecule has 0 aliphatic heterocycles. The van der Waals surface area contributed by atoms with Gasteiger partial charge in [-0.1, -0.05) is 35.9 Å². The van der Waals surface area contributed by atoms with Gasteiger partial charge in [-0.05, 0) is 67.6 Å². The van der Waals surface area contributed by atoms with Crippen molar-refractivity contribution < 1.29 is 8.42 Å². The molecule has 0 aliphatic carbocycles. The second-order valence-electron chi connectivity index (χ2n) is 6.02. The highest BCUT2D eigenvalue weighted by Gasteiger charge is 2.18. The molecule has 2 aromatic carbocycles. The first-order valence-corrected chi connectivity index (χ1v) is 9.53. The zero-order valence-corrected chi connectivity index (χ0v) is 15.4. The monoisotopic (exact) mass is 351 g/mol. The van der Waals surface area contributed by atoms with Gasteiger partial charge in [-0.2, -0.15) is 0 Å². The van der Waals surface area contributed by atoms with E-state index >= 15 is 0 Å². The number of hydrogen-bond acceptors (Lipinski definition) is 2. The van der Waals surface area contributed by atoms with Crippen LogP contribution in [0.25, 0.3) is 0 Å². The zero-order valence-electron chi connectivity index (χ0n) is 13.9. The van der Waals surface area contributed by atoms with Crippen molar-refractivity contribution in [3.63, 3.8) is 0 Å². The molecule has 124 valence electrons. The van der Waals surface area contributed by atoms with Gasteiger partial charge in [0.1, 0.15) is 0 Å². The first-order chi connectivity index (χ1) is 10.7. The smallest absolute Gasteiger partial charge is 0.212 e. The minimum atomic E-state index is -3.43. The highest BCUT2D eigenvalue weighted by atomic mass is 35.5. The van der Waals surface area contributed by atoms with Gasteiger partial charge in [-0.25, -0.2) is 13.1 Å². The van der Waals surface area contributed by atoms with Crippen molar-refractivity contribution >= 4 is 21.6 Å². The van der Waals surface area contributed by atoms with E-state index in [2.05, 4.69) is 23.8 Å². The van der Waals surface area contributed by atoms with Crippen molar-refractivity contribution in [2.75, 3.05) is 0 Å². The summed E-state index contributed by atoms with van der Waals surface area (Å²) >= 11 is 5.83. The van der Waals surface area contributed by atoms with Crippen molar-refractivity contribution in [3.8, 4) is 0 Å². The number of nitrogens with one attached hydrogen (secondary N) is 1. The van der Waals surface area contributed by atoms with E-state index in [1.54, 1.807) is 24.3 Å². The summed E-state index contributed by atoms with van der Waals surface area (Å²) in [6, 6.07) is 10.7. The third-order valence-electron chi connectivity index (χ3n) is 3.98. The van der Waals surface area contributed by atoms with Gasteiger partial charge in [0.2, 0.25) is 10.0 Å². The molecule has 0 fully saturated rings. The maximum absolute atomic E-state index is 12.4. The molecule has 5 heteroatoms. The van der Waals surface area contributed by atoms with Crippen LogP contribution in [0.4, 0.5) is 0 Å². The Morgan fingerprint density at radius 2 is 1.57 bits per heavy atom. The molecule has 3 nitrogen and oxygen atoms in total. The number of rotatable bonds is 5. The summed E-state index contributed by atoms with van der Waals surface area (Å²) in [5, 5.41) is 0.596. The molecule has 0 bridgehead atoms. The molecule has 0 radical (unpaired) electrons. The highest BCUT2D eigenvalue weighted by Crippen LogP contribution is 2.23. The number of hydrogen-bond donors (Lipinski definition) is 1. The van der Waals surface area contributed by atoms with E-state index in [4.69, 9.17) is 11.6 Å². The lowest BCUT2D eigenvalue weighted by Gasteiger charge is -2.18. The Bertz CT molecular complexity index is 799. The Kier molecular flexibility index (Phi) is 5.50. The van der Waals surface area contributed by atoms with E-state index in [-0.39, 0.29) is 11.8 Å². The molecule has 0 spiro atoms. The van der Waals surface area contributed by atoms with Crippen LogP contribution in [0.15, 0.2) is 36.4 Å². The van der Waals surface area contributed by atoms with Crippen LogP contribution in [-0.4, -0.2) is 8.42 Å². The molecular weight excluding hydrogens is 330 g/mol. The molecule has 0 heterocycles. The largest absolute Gasteiger partial charge is 0.216 e. The normalized spacial score (nSPS) is 13.1. The number of aryl methyl sites for hydroxylation is 3. The molecule has 1 atom stereocenters. The zero-order chi connectivity index (χ0) is 17.2. The van der Waals surface area contributed by atoms with Crippen LogP contribution in [-0.2, 0) is 15.8 Å². The molecule has 0 aromatic heterocycles. The molecule has 2 aromatic rings. The third kappa shape index (κ3) is 4.80. The van der Waals surface area contributed by atoms with Crippen LogP contribution in [0.1, 0.15) is 40.8 Å². The first kappa shape index (κ1) is 18.0. The SMILES string of the molecule is Cc1cc(C)c([C@H](C)NS(=O)(=O)Cc2ccc(Cl)cc2)cc1C. The Balaban J connectivity index is 2.16. The molecule has 2 rings (SSSR count). The predicted octanol–water partition coefficient (Wildman–Crippen LogP) is 4.45. The fourth-order valence-electron chi connectivity index (χ4n) is 2.62. The van der Waals surface area contributed by atoms with E-state index in [9.17, 15) is 8.42 Å². The Hall–Kier alpha value is -1.36. The molecule has 0 saturated heterocycles. The van der Waals surface area contributed by atoms with Gasteiger partial charge < -0.3 is 0 Å². The Labute approximate surface area is 143 Å². The molecule has 0 saturated carbocycles. The van der Waals surface area contributed by atoms with Crippen molar-refractivity contribution in [1.29, 1.82) is 0 Å². The summed E-state index contributed by atoms with van der Waals surface area (Å²) in [4.78, 5) is 0. The van der Waals surface area contributed by atoms with Gasteiger partial charge in [-0.3, -0.25) is 0 Å². The first-order valence-electron chi connectivity index (χ1n) is 7.50. The van der Waals surface area contributed by atoms with Gasteiger partial charge >= 0.3 is 0 Å². The maximum atomic E-state index is 12.4. The van der Waals surface area contributed by atoms with Crippen molar-refractivity contribution in [2.45, 2.75) is 39.5 Å². The Morgan fingerprint density at radius 3 is 2.17 bits per heavy atom. The summed E-state index contributed by atoms with van der Waals surface area (Å²) in [6.45, 7) is 7.97. The fourth-order valence-corrected chi connectivity index (χ4v) is 4.13. The Morgan fingerprint density at radius 1 is 1.00 bits per heavy atom. The average molecular weight is 352 g/mol. The quantitative estimate of drug-likeness (QED) is 0.865. The topological polar surface area (TPSA) is 46.2 Å². The van der Waals surface area contributed by atoms with Gasteiger partial charge in [-0.15, -0.1) is 0 Å². The molecule has 0 unspecified atom stereocenters. The van der Waals surface area contributed by atoms with Crippen LogP contribution in [0.3, 0.4) is 0 Å². The highest BCUT2D eigenvalue weighted by molar-refractivity contribution is 7.88. The van der Waals surface area contributed by atoms with Gasteiger partial charge in [0.25, 0.3) is 0 Å². The second kappa shape index (κ2) is 7.04. The van der Waals surface area contributed by atoms with E-state index in [0.29, 0.717) is 10.6 Å². The van der Waals surface area contributed by atoms with E-state index in [1.807, 2.05) is 20.8 Å². The van der Waals surface area contributed by atoms with Crippen LogP contribution in [0.5, 0.6) is 0 Å². The lowest BCUT2D eigenvalue weighted by atomic mass is 9.97. The van der Waals surface area contributed by atoms with E-state index < -0.39 is 10.0 Å². The minimum absolute atomic E-state index is 0.0571. The van der Waals surface area contributed by atoms with Crippen LogP contribution in [0, 0.1) is 20.8 Å². The lowest BCUT2D eigenvalue weighted by molar-refractivity contribution is 0.565. The predicted molar refractivity (Wildman–Crippen MR) is 96.3 cm³/mol. The van der Waals surface area contributed by atoms with Gasteiger partial charge in [0.15, 0.2) is 0 Å². The van der Waals surface area contributed by atoms with E-state index in [0.717, 1.165) is 16.7 Å². The maximum Gasteiger partial charge on any atom is 0.216 e. The van der Waals surface area contributed by atoms with Gasteiger partial charge in [0.05, 0.1) is 5.75 Å². The summed E-state index contributed by atoms with van der Waals surface area (Å²) in [6.07, 6.45) is 0. The molecule has 23 heavy (non-hydrogen) atoms. The second-order valence-corrected chi connectivity index (χ2v) is 8.21. The van der Waals surface area contributed by atoms with Crippen molar-refractivity contribution in [2.24, 2.45) is 0 Å². The number of benzene rings is 2. The van der Waals surface area contributed by atoms with Gasteiger partial charge in [0, 0.05) is 11.1 Å². The van der Waals surface area contributed by atoms with Crippen LogP contribution in [0.2, 0.25) is 5.02 Å². The van der Waals surface area contributed by atoms with Crippen molar-refractivity contribution in [3.05, 3.63) is 69.2 Å². The summed E-state index contributed by atoms with van der Waals surface area (Å²) in [5.41, 5.74) is 5.19. The van der Waals surface area contributed by atoms with Crippen molar-refractivity contribution in [1.82, 2.24) is 4.72 Å². The molecular formula is C18H22ClNO2S. The van der Waals surface area contributed by atoms with E-state index in [1.165, 1.54) is 5.56 Å². The summed E-state index contributed by atoms with van der Waals surface area (Å²) < 4.78 is 27.5. The van der Waals surface area contributed by atoms with Crippen LogP contribution < -0.4 is 4.72 Å². The summed E-state index contributed by atoms with van der Waals surface area (Å²) in [5.74, 6) is -0.0571. The summed E-state index contributed by atoms with van der Waals surface area (Å²) in [7, 11) is -3.43. The lowest BCUT2D eigenvalue weighted by Crippen LogP contribution is -2.28. The van der Waals surface area contributed by atoms with Crippen LogP contribution >= 0.6 is 11.6 Å². The fraction of sp³-hybridized carbons (Fsp3) is 0.333. The third-order valence-corrected chi connectivity index (χ3v) is 5.65. The minimum Gasteiger partial charge on any atom is -0.212 e. The average Bonchev–Trinajstić information content (AvgIpc) is 2.44. The molecule has 0 amide bonds. The molecule has 0 aliphatic rings. The molecule has 1 N–H and O–H groups in total.